The molecule has 0 radical (unpaired) electrons. The average Bonchev–Trinajstić information content (AvgIpc) is 2.46. The Morgan fingerprint density at radius 3 is 2.58 bits per heavy atom. The third-order valence-electron chi connectivity index (χ3n) is 2.76. The minimum Gasteiger partial charge on any atom is -0.457 e. The normalized spacial score (nSPS) is 9.95. The zero-order valence-corrected chi connectivity index (χ0v) is 10.5. The van der Waals surface area contributed by atoms with Gasteiger partial charge in [0, 0.05) is 0 Å². The molecular formula is C15H13NO3. The van der Waals surface area contributed by atoms with Crippen LogP contribution >= 0.6 is 0 Å². The van der Waals surface area contributed by atoms with Gasteiger partial charge in [0.25, 0.3) is 0 Å². The Morgan fingerprint density at radius 1 is 1.16 bits per heavy atom. The average molecular weight is 255 g/mol. The number of nitrogens with zero attached hydrogens (tertiary/aromatic N) is 1. The molecule has 0 aliphatic rings. The second-order valence-electron chi connectivity index (χ2n) is 4.15. The summed E-state index contributed by atoms with van der Waals surface area (Å²) in [6.45, 7) is 1.97. The van der Waals surface area contributed by atoms with E-state index in [2.05, 4.69) is 5.18 Å². The number of hydrogen-bond acceptors (Lipinski definition) is 4. The standard InChI is InChI=1S/C15H13NO3/c1-11-7-8-13(9-14(11)16-18)15(17)19-10-12-5-3-2-4-6-12/h2-9H,10H2,1H3. The van der Waals surface area contributed by atoms with E-state index in [1.54, 1.807) is 19.1 Å². The second kappa shape index (κ2) is 5.91. The van der Waals surface area contributed by atoms with Crippen LogP contribution in [0.15, 0.2) is 53.7 Å². The van der Waals surface area contributed by atoms with E-state index < -0.39 is 5.97 Å². The van der Waals surface area contributed by atoms with Crippen LogP contribution in [0.4, 0.5) is 5.69 Å². The summed E-state index contributed by atoms with van der Waals surface area (Å²) in [6.07, 6.45) is 0. The van der Waals surface area contributed by atoms with E-state index in [1.807, 2.05) is 30.3 Å². The van der Waals surface area contributed by atoms with E-state index in [0.717, 1.165) is 11.1 Å². The fraction of sp³-hybridized carbons (Fsp3) is 0.133. The van der Waals surface area contributed by atoms with Crippen LogP contribution in [0.5, 0.6) is 0 Å². The molecule has 0 amide bonds. The zero-order chi connectivity index (χ0) is 13.7. The second-order valence-corrected chi connectivity index (χ2v) is 4.15. The van der Waals surface area contributed by atoms with E-state index in [-0.39, 0.29) is 12.3 Å². The van der Waals surface area contributed by atoms with Crippen molar-refractivity contribution in [3.63, 3.8) is 0 Å². The first-order chi connectivity index (χ1) is 9.20. The van der Waals surface area contributed by atoms with Gasteiger partial charge in [0.2, 0.25) is 0 Å². The summed E-state index contributed by atoms with van der Waals surface area (Å²) in [4.78, 5) is 22.4. The molecule has 96 valence electrons. The molecule has 0 bridgehead atoms. The minimum atomic E-state index is -0.464. The highest BCUT2D eigenvalue weighted by molar-refractivity contribution is 5.90. The van der Waals surface area contributed by atoms with Crippen LogP contribution in [0.25, 0.3) is 0 Å². The summed E-state index contributed by atoms with van der Waals surface area (Å²) in [6, 6.07) is 14.1. The van der Waals surface area contributed by atoms with Gasteiger partial charge in [0.15, 0.2) is 0 Å². The fourth-order valence-corrected chi connectivity index (χ4v) is 1.64. The summed E-state index contributed by atoms with van der Waals surface area (Å²) < 4.78 is 5.17. The van der Waals surface area contributed by atoms with Crippen LogP contribution < -0.4 is 0 Å². The van der Waals surface area contributed by atoms with Gasteiger partial charge in [-0.2, -0.15) is 0 Å². The molecule has 0 atom stereocenters. The first-order valence-corrected chi connectivity index (χ1v) is 5.86. The summed E-state index contributed by atoms with van der Waals surface area (Å²) in [7, 11) is 0. The van der Waals surface area contributed by atoms with Gasteiger partial charge in [-0.1, -0.05) is 36.4 Å². The number of carbonyl (C=O) groups is 1. The van der Waals surface area contributed by atoms with E-state index in [1.165, 1.54) is 6.07 Å². The van der Waals surface area contributed by atoms with Crippen molar-refractivity contribution in [3.8, 4) is 0 Å². The molecule has 2 rings (SSSR count). The largest absolute Gasteiger partial charge is 0.457 e. The lowest BCUT2D eigenvalue weighted by molar-refractivity contribution is 0.0473. The molecule has 0 heterocycles. The van der Waals surface area contributed by atoms with Gasteiger partial charge in [0.05, 0.1) is 5.56 Å². The molecule has 0 spiro atoms. The predicted octanol–water partition coefficient (Wildman–Crippen LogP) is 3.75. The summed E-state index contributed by atoms with van der Waals surface area (Å²) >= 11 is 0. The maximum atomic E-state index is 11.8. The van der Waals surface area contributed by atoms with Crippen molar-refractivity contribution >= 4 is 11.7 Å². The maximum Gasteiger partial charge on any atom is 0.338 e. The molecule has 4 heteroatoms. The number of hydrogen-bond donors (Lipinski definition) is 0. The number of nitroso groups, excluding NO2 is 1. The Morgan fingerprint density at radius 2 is 1.89 bits per heavy atom. The van der Waals surface area contributed by atoms with Gasteiger partial charge >= 0.3 is 5.97 Å². The molecule has 19 heavy (non-hydrogen) atoms. The van der Waals surface area contributed by atoms with Gasteiger partial charge < -0.3 is 4.74 Å². The van der Waals surface area contributed by atoms with Crippen LogP contribution in [0, 0.1) is 11.8 Å². The number of carbonyl (C=O) groups excluding carboxylic acids is 1. The van der Waals surface area contributed by atoms with E-state index in [9.17, 15) is 9.70 Å². The smallest absolute Gasteiger partial charge is 0.338 e. The highest BCUT2D eigenvalue weighted by Gasteiger charge is 2.10. The van der Waals surface area contributed by atoms with Gasteiger partial charge in [-0.25, -0.2) is 4.79 Å². The zero-order valence-electron chi connectivity index (χ0n) is 10.5. The molecule has 4 nitrogen and oxygen atoms in total. The molecule has 0 aliphatic heterocycles. The van der Waals surface area contributed by atoms with Crippen molar-refractivity contribution in [2.45, 2.75) is 13.5 Å². The molecule has 0 unspecified atom stereocenters. The molecule has 0 N–H and O–H groups in total. The van der Waals surface area contributed by atoms with Crippen molar-refractivity contribution < 1.29 is 9.53 Å². The summed E-state index contributed by atoms with van der Waals surface area (Å²) in [5, 5.41) is 2.87. The first-order valence-electron chi connectivity index (χ1n) is 5.86. The molecule has 0 saturated carbocycles. The number of aryl methyl sites for hydroxylation is 1. The molecule has 0 aliphatic carbocycles. The third kappa shape index (κ3) is 3.25. The van der Waals surface area contributed by atoms with Crippen LogP contribution in [0.3, 0.4) is 0 Å². The van der Waals surface area contributed by atoms with Crippen LogP contribution in [0.1, 0.15) is 21.5 Å². The third-order valence-corrected chi connectivity index (χ3v) is 2.76. The monoisotopic (exact) mass is 255 g/mol. The van der Waals surface area contributed by atoms with Crippen molar-refractivity contribution in [1.82, 2.24) is 0 Å². The maximum absolute atomic E-state index is 11.8. The summed E-state index contributed by atoms with van der Waals surface area (Å²) in [5.41, 5.74) is 2.23. The lowest BCUT2D eigenvalue weighted by Gasteiger charge is -2.06. The number of rotatable bonds is 4. The summed E-state index contributed by atoms with van der Waals surface area (Å²) in [5.74, 6) is -0.464. The van der Waals surface area contributed by atoms with Crippen LogP contribution in [-0.4, -0.2) is 5.97 Å². The highest BCUT2D eigenvalue weighted by Crippen LogP contribution is 2.20. The molecule has 0 fully saturated rings. The topological polar surface area (TPSA) is 55.7 Å². The Labute approximate surface area is 111 Å². The van der Waals surface area contributed by atoms with E-state index in [4.69, 9.17) is 4.74 Å². The lowest BCUT2D eigenvalue weighted by atomic mass is 10.1. The molecular weight excluding hydrogens is 242 g/mol. The van der Waals surface area contributed by atoms with Crippen molar-refractivity contribution in [3.05, 3.63) is 70.1 Å². The van der Waals surface area contributed by atoms with Crippen LogP contribution in [-0.2, 0) is 11.3 Å². The van der Waals surface area contributed by atoms with Crippen LogP contribution in [0.2, 0.25) is 0 Å². The van der Waals surface area contributed by atoms with Gasteiger partial charge in [0.1, 0.15) is 12.3 Å². The van der Waals surface area contributed by atoms with E-state index >= 15 is 0 Å². The SMILES string of the molecule is Cc1ccc(C(=O)OCc2ccccc2)cc1N=O. The molecule has 2 aromatic rings. The Bertz CT molecular complexity index is 594. The minimum absolute atomic E-state index is 0.206. The van der Waals surface area contributed by atoms with E-state index in [0.29, 0.717) is 5.56 Å². The predicted molar refractivity (Wildman–Crippen MR) is 72.2 cm³/mol. The first kappa shape index (κ1) is 13.0. The fourth-order valence-electron chi connectivity index (χ4n) is 1.64. The van der Waals surface area contributed by atoms with Gasteiger partial charge in [-0.15, -0.1) is 4.91 Å². The van der Waals surface area contributed by atoms with Crippen molar-refractivity contribution in [2.75, 3.05) is 0 Å². The van der Waals surface area contributed by atoms with Gasteiger partial charge in [-0.05, 0) is 35.4 Å². The quantitative estimate of drug-likeness (QED) is 0.617. The lowest BCUT2D eigenvalue weighted by Crippen LogP contribution is -2.05. The Hall–Kier alpha value is -2.49. The molecule has 2 aromatic carbocycles. The van der Waals surface area contributed by atoms with Crippen molar-refractivity contribution in [2.24, 2.45) is 5.18 Å². The number of esters is 1. The Balaban J connectivity index is 2.06. The number of benzene rings is 2. The van der Waals surface area contributed by atoms with Crippen molar-refractivity contribution in [1.29, 1.82) is 0 Å². The molecule has 0 saturated heterocycles. The number of ether oxygens (including phenoxy) is 1. The van der Waals surface area contributed by atoms with Gasteiger partial charge in [-0.3, -0.25) is 0 Å². The highest BCUT2D eigenvalue weighted by atomic mass is 16.5. The Kier molecular flexibility index (Phi) is 4.03. The molecule has 0 aromatic heterocycles.